The number of rotatable bonds is 3. The molecule has 2 aliphatic heterocycles. The van der Waals surface area contributed by atoms with Gasteiger partial charge in [-0.1, -0.05) is 18.2 Å². The van der Waals surface area contributed by atoms with E-state index < -0.39 is 0 Å². The van der Waals surface area contributed by atoms with Crippen LogP contribution >= 0.6 is 0 Å². The molecule has 0 radical (unpaired) electrons. The van der Waals surface area contributed by atoms with Crippen molar-refractivity contribution in [3.63, 3.8) is 0 Å². The first-order valence-corrected chi connectivity index (χ1v) is 10.7. The molecule has 2 amide bonds. The Morgan fingerprint density at radius 1 is 1.14 bits per heavy atom. The van der Waals surface area contributed by atoms with Crippen LogP contribution in [0, 0.1) is 5.82 Å². The second kappa shape index (κ2) is 8.37. The second-order valence-corrected chi connectivity index (χ2v) is 8.76. The van der Waals surface area contributed by atoms with Crippen LogP contribution in [0.1, 0.15) is 50.5 Å². The van der Waals surface area contributed by atoms with Gasteiger partial charge in [-0.25, -0.2) is 9.18 Å². The lowest BCUT2D eigenvalue weighted by Crippen LogP contribution is -2.58. The molecular weight excluding hydrogens is 357 g/mol. The molecule has 154 valence electrons. The van der Waals surface area contributed by atoms with Crippen LogP contribution in [-0.2, 0) is 4.74 Å². The summed E-state index contributed by atoms with van der Waals surface area (Å²) >= 11 is 0. The van der Waals surface area contributed by atoms with Crippen molar-refractivity contribution in [2.24, 2.45) is 0 Å². The summed E-state index contributed by atoms with van der Waals surface area (Å²) in [5, 5.41) is 3.21. The standard InChI is InChI=1S/C22H32FN3O2/c1-22(26-12-14-28-15-13-26)8-10-25(11-9-22)21(27)24-18-7-6-17(16-18)19-4-2-3-5-20(19)23/h2-5,17-18H,6-16H2,1H3,(H,24,27). The Hall–Kier alpha value is -1.66. The molecule has 1 N–H and O–H groups in total. The quantitative estimate of drug-likeness (QED) is 0.862. The largest absolute Gasteiger partial charge is 0.379 e. The third-order valence-electron chi connectivity index (χ3n) is 7.01. The molecule has 0 aromatic heterocycles. The van der Waals surface area contributed by atoms with E-state index in [1.54, 1.807) is 6.07 Å². The number of likely N-dealkylation sites (tertiary alicyclic amines) is 1. The molecule has 0 spiro atoms. The number of piperidine rings is 1. The maximum Gasteiger partial charge on any atom is 0.317 e. The van der Waals surface area contributed by atoms with E-state index in [0.29, 0.717) is 0 Å². The van der Waals surface area contributed by atoms with Crippen molar-refractivity contribution in [3.05, 3.63) is 35.6 Å². The van der Waals surface area contributed by atoms with Crippen LogP contribution in [0.5, 0.6) is 0 Å². The second-order valence-electron chi connectivity index (χ2n) is 8.76. The summed E-state index contributed by atoms with van der Waals surface area (Å²) in [5.41, 5.74) is 0.961. The van der Waals surface area contributed by atoms with Gasteiger partial charge >= 0.3 is 6.03 Å². The zero-order valence-corrected chi connectivity index (χ0v) is 16.8. The molecule has 2 atom stereocenters. The molecule has 1 aromatic carbocycles. The molecule has 2 heterocycles. The Balaban J connectivity index is 1.27. The third kappa shape index (κ3) is 4.18. The molecule has 1 saturated carbocycles. The fourth-order valence-electron chi connectivity index (χ4n) is 5.08. The molecule has 3 fully saturated rings. The first-order chi connectivity index (χ1) is 13.5. The van der Waals surface area contributed by atoms with E-state index in [9.17, 15) is 9.18 Å². The minimum atomic E-state index is -0.127. The van der Waals surface area contributed by atoms with Crippen LogP contribution < -0.4 is 5.32 Å². The number of carbonyl (C=O) groups excluding carboxylic acids is 1. The first-order valence-electron chi connectivity index (χ1n) is 10.7. The highest BCUT2D eigenvalue weighted by Crippen LogP contribution is 2.36. The Kier molecular flexibility index (Phi) is 5.88. The molecule has 5 nitrogen and oxygen atoms in total. The van der Waals surface area contributed by atoms with Crippen molar-refractivity contribution in [1.29, 1.82) is 0 Å². The predicted molar refractivity (Wildman–Crippen MR) is 107 cm³/mol. The summed E-state index contributed by atoms with van der Waals surface area (Å²) in [6.07, 6.45) is 4.68. The Morgan fingerprint density at radius 3 is 2.57 bits per heavy atom. The van der Waals surface area contributed by atoms with Gasteiger partial charge in [-0.2, -0.15) is 0 Å². The van der Waals surface area contributed by atoms with E-state index in [0.717, 1.165) is 77.1 Å². The maximum atomic E-state index is 14.0. The van der Waals surface area contributed by atoms with Crippen molar-refractivity contribution in [1.82, 2.24) is 15.1 Å². The summed E-state index contributed by atoms with van der Waals surface area (Å²) in [6.45, 7) is 7.51. The highest BCUT2D eigenvalue weighted by atomic mass is 19.1. The average molecular weight is 390 g/mol. The van der Waals surface area contributed by atoms with Crippen molar-refractivity contribution in [2.45, 2.75) is 56.5 Å². The fraction of sp³-hybridized carbons (Fsp3) is 0.682. The number of nitrogens with zero attached hydrogens (tertiary/aromatic N) is 2. The number of benzene rings is 1. The summed E-state index contributed by atoms with van der Waals surface area (Å²) in [7, 11) is 0. The van der Waals surface area contributed by atoms with Crippen molar-refractivity contribution >= 4 is 6.03 Å². The summed E-state index contributed by atoms with van der Waals surface area (Å²) in [4.78, 5) is 17.2. The number of hydrogen-bond acceptors (Lipinski definition) is 3. The van der Waals surface area contributed by atoms with Crippen LogP contribution in [0.2, 0.25) is 0 Å². The number of carbonyl (C=O) groups is 1. The summed E-state index contributed by atoms with van der Waals surface area (Å²) in [5.74, 6) is 0.0790. The van der Waals surface area contributed by atoms with E-state index in [1.807, 2.05) is 17.0 Å². The number of ether oxygens (including phenoxy) is 1. The molecule has 2 unspecified atom stereocenters. The summed E-state index contributed by atoms with van der Waals surface area (Å²) in [6, 6.07) is 7.21. The van der Waals surface area contributed by atoms with Crippen LogP contribution in [0.4, 0.5) is 9.18 Å². The molecule has 28 heavy (non-hydrogen) atoms. The number of hydrogen-bond donors (Lipinski definition) is 1. The maximum absolute atomic E-state index is 14.0. The molecule has 2 saturated heterocycles. The monoisotopic (exact) mass is 389 g/mol. The first kappa shape index (κ1) is 19.6. The van der Waals surface area contributed by atoms with Gasteiger partial charge in [-0.05, 0) is 56.6 Å². The minimum absolute atomic E-state index is 0.0446. The van der Waals surface area contributed by atoms with E-state index in [1.165, 1.54) is 6.07 Å². The van der Waals surface area contributed by atoms with Crippen LogP contribution in [0.15, 0.2) is 24.3 Å². The van der Waals surface area contributed by atoms with E-state index >= 15 is 0 Å². The number of urea groups is 1. The van der Waals surface area contributed by atoms with Gasteiger partial charge in [-0.15, -0.1) is 0 Å². The van der Waals surface area contributed by atoms with Gasteiger partial charge in [0.1, 0.15) is 5.82 Å². The number of halogens is 1. The average Bonchev–Trinajstić information content (AvgIpc) is 3.17. The van der Waals surface area contributed by atoms with E-state index in [-0.39, 0.29) is 29.3 Å². The van der Waals surface area contributed by atoms with Gasteiger partial charge < -0.3 is 15.0 Å². The molecular formula is C22H32FN3O2. The number of morpholine rings is 1. The van der Waals surface area contributed by atoms with E-state index in [2.05, 4.69) is 17.1 Å². The van der Waals surface area contributed by atoms with Crippen LogP contribution in [0.25, 0.3) is 0 Å². The van der Waals surface area contributed by atoms with Gasteiger partial charge in [0.25, 0.3) is 0 Å². The van der Waals surface area contributed by atoms with Crippen molar-refractivity contribution < 1.29 is 13.9 Å². The van der Waals surface area contributed by atoms with Crippen LogP contribution in [0.3, 0.4) is 0 Å². The molecule has 6 heteroatoms. The predicted octanol–water partition coefficient (Wildman–Crippen LogP) is 3.36. The molecule has 4 rings (SSSR count). The Labute approximate surface area is 167 Å². The summed E-state index contributed by atoms with van der Waals surface area (Å²) < 4.78 is 19.5. The lowest BCUT2D eigenvalue weighted by Gasteiger charge is -2.48. The number of nitrogens with one attached hydrogen (secondary N) is 1. The lowest BCUT2D eigenvalue weighted by molar-refractivity contribution is -0.0357. The zero-order valence-electron chi connectivity index (χ0n) is 16.8. The van der Waals surface area contributed by atoms with Gasteiger partial charge in [0, 0.05) is 37.8 Å². The highest BCUT2D eigenvalue weighted by Gasteiger charge is 2.38. The third-order valence-corrected chi connectivity index (χ3v) is 7.01. The molecule has 3 aliphatic rings. The highest BCUT2D eigenvalue weighted by molar-refractivity contribution is 5.74. The lowest BCUT2D eigenvalue weighted by atomic mass is 9.87. The normalized spacial score (nSPS) is 28.3. The smallest absolute Gasteiger partial charge is 0.317 e. The van der Waals surface area contributed by atoms with Crippen LogP contribution in [-0.4, -0.2) is 66.8 Å². The Bertz CT molecular complexity index is 684. The van der Waals surface area contributed by atoms with Gasteiger partial charge in [0.2, 0.25) is 0 Å². The molecule has 1 aliphatic carbocycles. The molecule has 1 aromatic rings. The number of amides is 2. The van der Waals surface area contributed by atoms with Gasteiger partial charge in [0.05, 0.1) is 13.2 Å². The zero-order chi connectivity index (χ0) is 19.6. The van der Waals surface area contributed by atoms with Crippen molar-refractivity contribution in [2.75, 3.05) is 39.4 Å². The SMILES string of the molecule is CC1(N2CCOCC2)CCN(C(=O)NC2CCC(c3ccccc3F)C2)CC1. The molecule has 0 bridgehead atoms. The topological polar surface area (TPSA) is 44.8 Å². The van der Waals surface area contributed by atoms with Gasteiger partial charge in [0.15, 0.2) is 0 Å². The minimum Gasteiger partial charge on any atom is -0.379 e. The van der Waals surface area contributed by atoms with Gasteiger partial charge in [-0.3, -0.25) is 4.90 Å². The fourth-order valence-corrected chi connectivity index (χ4v) is 5.08. The Morgan fingerprint density at radius 2 is 1.86 bits per heavy atom. The van der Waals surface area contributed by atoms with Crippen molar-refractivity contribution in [3.8, 4) is 0 Å². The van der Waals surface area contributed by atoms with E-state index in [4.69, 9.17) is 4.74 Å².